The molecule has 0 bridgehead atoms. The normalized spacial score (nSPS) is 10.2. The highest BCUT2D eigenvalue weighted by Crippen LogP contribution is 2.37. The van der Waals surface area contributed by atoms with E-state index in [-0.39, 0.29) is 11.4 Å². The van der Waals surface area contributed by atoms with Crippen LogP contribution in [0.4, 0.5) is 11.4 Å². The number of nitrogens with zero attached hydrogens (tertiary/aromatic N) is 2. The van der Waals surface area contributed by atoms with Gasteiger partial charge >= 0.3 is 5.69 Å². The van der Waals surface area contributed by atoms with Crippen molar-refractivity contribution in [3.63, 3.8) is 0 Å². The molecule has 0 amide bonds. The first kappa shape index (κ1) is 15.4. The van der Waals surface area contributed by atoms with Gasteiger partial charge in [-0.05, 0) is 40.2 Å². The summed E-state index contributed by atoms with van der Waals surface area (Å²) in [7, 11) is 0. The number of halogens is 2. The molecule has 2 rings (SSSR count). The van der Waals surface area contributed by atoms with Crippen molar-refractivity contribution in [1.29, 1.82) is 0 Å². The maximum Gasteiger partial charge on any atom is 0.318 e. The lowest BCUT2D eigenvalue weighted by atomic mass is 10.2. The highest BCUT2D eigenvalue weighted by Gasteiger charge is 2.21. The zero-order valence-electron chi connectivity index (χ0n) is 10.2. The first-order valence-corrected chi connectivity index (χ1v) is 7.03. The van der Waals surface area contributed by atoms with E-state index in [4.69, 9.17) is 4.74 Å². The minimum atomic E-state index is -0.727. The molecule has 0 aliphatic heterocycles. The van der Waals surface area contributed by atoms with Crippen molar-refractivity contribution in [2.24, 2.45) is 0 Å². The summed E-state index contributed by atoms with van der Waals surface area (Å²) in [4.78, 5) is 20.2. The van der Waals surface area contributed by atoms with Gasteiger partial charge in [0.2, 0.25) is 5.75 Å². The Morgan fingerprint density at radius 2 is 1.57 bits per heavy atom. The Morgan fingerprint density at radius 3 is 2.14 bits per heavy atom. The average Bonchev–Trinajstić information content (AvgIpc) is 2.41. The Bertz CT molecular complexity index is 736. The number of hydrogen-bond acceptors (Lipinski definition) is 5. The third-order valence-corrected chi connectivity index (χ3v) is 3.58. The van der Waals surface area contributed by atoms with E-state index in [0.717, 1.165) is 16.6 Å². The van der Waals surface area contributed by atoms with Crippen LogP contribution in [0.2, 0.25) is 0 Å². The molecule has 0 saturated heterocycles. The second-order valence-electron chi connectivity index (χ2n) is 3.84. The number of benzene rings is 2. The lowest BCUT2D eigenvalue weighted by Crippen LogP contribution is -1.96. The second-order valence-corrected chi connectivity index (χ2v) is 5.61. The number of rotatable bonds is 4. The fourth-order valence-electron chi connectivity index (χ4n) is 1.52. The van der Waals surface area contributed by atoms with Gasteiger partial charge in [0.05, 0.1) is 20.4 Å². The first-order chi connectivity index (χ1) is 9.88. The van der Waals surface area contributed by atoms with Crippen LogP contribution < -0.4 is 4.74 Å². The van der Waals surface area contributed by atoms with E-state index in [1.807, 2.05) is 0 Å². The number of hydrogen-bond donors (Lipinski definition) is 0. The summed E-state index contributed by atoms with van der Waals surface area (Å²) in [5.74, 6) is 0.281. The van der Waals surface area contributed by atoms with Crippen LogP contribution in [-0.2, 0) is 0 Å². The lowest BCUT2D eigenvalue weighted by molar-refractivity contribution is -0.394. The molecule has 2 aromatic rings. The molecule has 21 heavy (non-hydrogen) atoms. The number of ether oxygens (including phenoxy) is 1. The monoisotopic (exact) mass is 416 g/mol. The maximum absolute atomic E-state index is 11.0. The minimum Gasteiger partial charge on any atom is -0.449 e. The molecule has 0 aliphatic carbocycles. The van der Waals surface area contributed by atoms with Crippen molar-refractivity contribution in [3.8, 4) is 11.5 Å². The van der Waals surface area contributed by atoms with Gasteiger partial charge in [0.25, 0.3) is 5.69 Å². The predicted octanol–water partition coefficient (Wildman–Crippen LogP) is 4.82. The molecule has 9 heteroatoms. The zero-order chi connectivity index (χ0) is 15.6. The highest BCUT2D eigenvalue weighted by molar-refractivity contribution is 9.11. The van der Waals surface area contributed by atoms with Crippen LogP contribution in [0, 0.1) is 20.2 Å². The van der Waals surface area contributed by atoms with Gasteiger partial charge in [0.1, 0.15) is 5.75 Å². The number of non-ortho nitro benzene ring substituents is 1. The van der Waals surface area contributed by atoms with Gasteiger partial charge in [-0.25, -0.2) is 0 Å². The molecule has 0 N–H and O–H groups in total. The van der Waals surface area contributed by atoms with Crippen LogP contribution >= 0.6 is 31.9 Å². The molecule has 0 saturated carbocycles. The van der Waals surface area contributed by atoms with E-state index >= 15 is 0 Å². The Labute approximate surface area is 135 Å². The molecule has 0 unspecified atom stereocenters. The van der Waals surface area contributed by atoms with Gasteiger partial charge < -0.3 is 4.74 Å². The van der Waals surface area contributed by atoms with Crippen molar-refractivity contribution < 1.29 is 14.6 Å². The van der Waals surface area contributed by atoms with Gasteiger partial charge in [-0.15, -0.1) is 0 Å². The van der Waals surface area contributed by atoms with Crippen LogP contribution in [-0.4, -0.2) is 9.85 Å². The SMILES string of the molecule is O=[N+]([O-])c1ccc(Oc2ccc(Br)cc2Br)c([N+](=O)[O-])c1. The third kappa shape index (κ3) is 3.56. The van der Waals surface area contributed by atoms with Crippen molar-refractivity contribution in [3.05, 3.63) is 65.6 Å². The molecule has 0 radical (unpaired) electrons. The summed E-state index contributed by atoms with van der Waals surface area (Å²) < 4.78 is 6.85. The Morgan fingerprint density at radius 1 is 0.905 bits per heavy atom. The van der Waals surface area contributed by atoms with Crippen LogP contribution in [0.25, 0.3) is 0 Å². The van der Waals surface area contributed by atoms with Gasteiger partial charge in [0.15, 0.2) is 0 Å². The van der Waals surface area contributed by atoms with E-state index in [0.29, 0.717) is 10.2 Å². The molecule has 0 aromatic heterocycles. The zero-order valence-corrected chi connectivity index (χ0v) is 13.3. The molecule has 0 atom stereocenters. The molecule has 2 aromatic carbocycles. The maximum atomic E-state index is 11.0. The molecule has 108 valence electrons. The average molecular weight is 418 g/mol. The molecule has 0 heterocycles. The predicted molar refractivity (Wildman–Crippen MR) is 81.7 cm³/mol. The molecule has 0 fully saturated rings. The first-order valence-electron chi connectivity index (χ1n) is 5.44. The third-order valence-electron chi connectivity index (χ3n) is 2.46. The van der Waals surface area contributed by atoms with Crippen molar-refractivity contribution in [1.82, 2.24) is 0 Å². The van der Waals surface area contributed by atoms with E-state index in [1.165, 1.54) is 6.07 Å². The lowest BCUT2D eigenvalue weighted by Gasteiger charge is -2.08. The summed E-state index contributed by atoms with van der Waals surface area (Å²) >= 11 is 6.55. The molecular weight excluding hydrogens is 412 g/mol. The van der Waals surface area contributed by atoms with E-state index in [1.54, 1.807) is 18.2 Å². The summed E-state index contributed by atoms with van der Waals surface area (Å²) in [5, 5.41) is 21.7. The Balaban J connectivity index is 2.44. The Hall–Kier alpha value is -2.00. The van der Waals surface area contributed by atoms with Crippen molar-refractivity contribution in [2.45, 2.75) is 0 Å². The standard InChI is InChI=1S/C12H6Br2N2O5/c13-7-1-3-11(9(14)5-7)21-12-4-2-8(15(17)18)6-10(12)16(19)20/h1-6H. The van der Waals surface area contributed by atoms with Crippen LogP contribution in [0.5, 0.6) is 11.5 Å². The van der Waals surface area contributed by atoms with Gasteiger partial charge in [-0.3, -0.25) is 20.2 Å². The fraction of sp³-hybridized carbons (Fsp3) is 0. The quantitative estimate of drug-likeness (QED) is 0.524. The minimum absolute atomic E-state index is 0.0753. The van der Waals surface area contributed by atoms with Crippen LogP contribution in [0.15, 0.2) is 45.3 Å². The highest BCUT2D eigenvalue weighted by atomic mass is 79.9. The summed E-state index contributed by atoms with van der Waals surface area (Å²) in [6.07, 6.45) is 0. The van der Waals surface area contributed by atoms with Crippen molar-refractivity contribution in [2.75, 3.05) is 0 Å². The van der Waals surface area contributed by atoms with E-state index in [2.05, 4.69) is 31.9 Å². The second kappa shape index (κ2) is 6.19. The van der Waals surface area contributed by atoms with E-state index < -0.39 is 15.5 Å². The van der Waals surface area contributed by atoms with Gasteiger partial charge in [-0.2, -0.15) is 0 Å². The van der Waals surface area contributed by atoms with Gasteiger partial charge in [-0.1, -0.05) is 15.9 Å². The summed E-state index contributed by atoms with van der Waals surface area (Å²) in [5.41, 5.74) is -0.844. The van der Waals surface area contributed by atoms with Crippen LogP contribution in [0.3, 0.4) is 0 Å². The largest absolute Gasteiger partial charge is 0.449 e. The number of nitro groups is 2. The molecule has 0 spiro atoms. The topological polar surface area (TPSA) is 95.5 Å². The smallest absolute Gasteiger partial charge is 0.318 e. The van der Waals surface area contributed by atoms with Crippen LogP contribution in [0.1, 0.15) is 0 Å². The summed E-state index contributed by atoms with van der Waals surface area (Å²) in [6.45, 7) is 0. The van der Waals surface area contributed by atoms with Crippen molar-refractivity contribution >= 4 is 43.2 Å². The van der Waals surface area contributed by atoms with Gasteiger partial charge in [0, 0.05) is 10.5 Å². The molecule has 0 aliphatic rings. The Kier molecular flexibility index (Phi) is 4.53. The molecule has 7 nitrogen and oxygen atoms in total. The van der Waals surface area contributed by atoms with E-state index in [9.17, 15) is 20.2 Å². The number of nitro benzene ring substituents is 2. The summed E-state index contributed by atoms with van der Waals surface area (Å²) in [6, 6.07) is 8.24. The fourth-order valence-corrected chi connectivity index (χ4v) is 2.65. The molecular formula is C12H6Br2N2O5.